The molecule has 0 saturated carbocycles. The van der Waals surface area contributed by atoms with E-state index in [0.29, 0.717) is 16.9 Å². The molecule has 0 spiro atoms. The number of ether oxygens (including phenoxy) is 1. The molecule has 1 atom stereocenters. The lowest BCUT2D eigenvalue weighted by molar-refractivity contribution is -0.130. The minimum Gasteiger partial charge on any atom is -0.497 e. The summed E-state index contributed by atoms with van der Waals surface area (Å²) in [5.74, 6) is -0.0443. The van der Waals surface area contributed by atoms with E-state index >= 15 is 0 Å². The van der Waals surface area contributed by atoms with Crippen LogP contribution >= 0.6 is 0 Å². The molecule has 3 rings (SSSR count). The normalized spacial score (nSPS) is 18.8. The van der Waals surface area contributed by atoms with Crippen molar-refractivity contribution in [3.63, 3.8) is 0 Å². The van der Waals surface area contributed by atoms with Gasteiger partial charge in [0.2, 0.25) is 0 Å². The fraction of sp³-hybridized carbons (Fsp3) is 0.348. The summed E-state index contributed by atoms with van der Waals surface area (Å²) in [6.45, 7) is 9.19. The van der Waals surface area contributed by atoms with E-state index in [4.69, 9.17) is 4.74 Å². The van der Waals surface area contributed by atoms with Gasteiger partial charge in [-0.05, 0) is 80.6 Å². The van der Waals surface area contributed by atoms with Gasteiger partial charge in [-0.25, -0.2) is 4.79 Å². The highest BCUT2D eigenvalue weighted by Gasteiger charge is 2.49. The van der Waals surface area contributed by atoms with Gasteiger partial charge in [0, 0.05) is 5.56 Å². The largest absolute Gasteiger partial charge is 0.497 e. The van der Waals surface area contributed by atoms with Crippen molar-refractivity contribution in [2.24, 2.45) is 0 Å². The molecule has 6 heteroatoms. The summed E-state index contributed by atoms with van der Waals surface area (Å²) in [5, 5.41) is 2.73. The van der Waals surface area contributed by atoms with Crippen LogP contribution in [0.2, 0.25) is 0 Å². The molecule has 0 aliphatic carbocycles. The second-order valence-electron chi connectivity index (χ2n) is 7.71. The van der Waals surface area contributed by atoms with Crippen LogP contribution in [0, 0.1) is 27.7 Å². The predicted molar refractivity (Wildman–Crippen MR) is 110 cm³/mol. The van der Waals surface area contributed by atoms with E-state index in [0.717, 1.165) is 27.2 Å². The molecule has 2 aromatic carbocycles. The van der Waals surface area contributed by atoms with Crippen LogP contribution in [0.15, 0.2) is 30.3 Å². The van der Waals surface area contributed by atoms with Crippen LogP contribution in [0.5, 0.6) is 5.75 Å². The Balaban J connectivity index is 1.88. The quantitative estimate of drug-likeness (QED) is 0.621. The first kappa shape index (κ1) is 20.6. The second-order valence-corrected chi connectivity index (χ2v) is 7.71. The number of rotatable bonds is 5. The molecule has 1 aliphatic rings. The van der Waals surface area contributed by atoms with Crippen molar-refractivity contribution < 1.29 is 19.1 Å². The molecule has 1 heterocycles. The maximum Gasteiger partial charge on any atom is 0.325 e. The number of amides is 3. The van der Waals surface area contributed by atoms with Gasteiger partial charge in [0.05, 0.1) is 13.7 Å². The number of carbonyl (C=O) groups excluding carboxylic acids is 3. The van der Waals surface area contributed by atoms with Gasteiger partial charge in [-0.1, -0.05) is 12.1 Å². The Morgan fingerprint density at radius 2 is 1.66 bits per heavy atom. The van der Waals surface area contributed by atoms with Gasteiger partial charge in [-0.3, -0.25) is 14.5 Å². The topological polar surface area (TPSA) is 75.7 Å². The van der Waals surface area contributed by atoms with Crippen LogP contribution in [0.3, 0.4) is 0 Å². The van der Waals surface area contributed by atoms with Crippen molar-refractivity contribution in [2.45, 2.75) is 40.2 Å². The molecular weight excluding hydrogens is 368 g/mol. The number of imide groups is 1. The lowest BCUT2D eigenvalue weighted by Gasteiger charge is -2.22. The van der Waals surface area contributed by atoms with Crippen LogP contribution < -0.4 is 10.1 Å². The number of benzene rings is 2. The fourth-order valence-electron chi connectivity index (χ4n) is 3.69. The molecule has 1 saturated heterocycles. The van der Waals surface area contributed by atoms with Gasteiger partial charge in [0.25, 0.3) is 5.91 Å². The number of aryl methyl sites for hydroxylation is 1. The predicted octanol–water partition coefficient (Wildman–Crippen LogP) is 3.58. The Morgan fingerprint density at radius 3 is 2.24 bits per heavy atom. The van der Waals surface area contributed by atoms with Crippen molar-refractivity contribution in [1.29, 1.82) is 0 Å². The van der Waals surface area contributed by atoms with Crippen molar-refractivity contribution >= 4 is 17.7 Å². The third kappa shape index (κ3) is 3.39. The molecule has 3 amide bonds. The van der Waals surface area contributed by atoms with Gasteiger partial charge >= 0.3 is 6.03 Å². The number of nitrogens with zero attached hydrogens (tertiary/aromatic N) is 1. The Morgan fingerprint density at radius 1 is 1.03 bits per heavy atom. The summed E-state index contributed by atoms with van der Waals surface area (Å²) in [7, 11) is 1.56. The highest BCUT2D eigenvalue weighted by molar-refractivity contribution is 6.11. The Labute approximate surface area is 170 Å². The lowest BCUT2D eigenvalue weighted by Crippen LogP contribution is -2.41. The summed E-state index contributed by atoms with van der Waals surface area (Å²) in [6, 6.07) is 8.20. The van der Waals surface area contributed by atoms with Crippen LogP contribution in [0.25, 0.3) is 0 Å². The maximum absolute atomic E-state index is 13.1. The van der Waals surface area contributed by atoms with Crippen LogP contribution in [0.4, 0.5) is 4.79 Å². The molecule has 0 radical (unpaired) electrons. The van der Waals surface area contributed by atoms with Crippen molar-refractivity contribution in [3.8, 4) is 5.75 Å². The van der Waals surface area contributed by atoms with Crippen molar-refractivity contribution in [1.82, 2.24) is 10.2 Å². The van der Waals surface area contributed by atoms with Gasteiger partial charge < -0.3 is 10.1 Å². The Kier molecular flexibility index (Phi) is 5.22. The van der Waals surface area contributed by atoms with Crippen molar-refractivity contribution in [2.75, 3.05) is 13.7 Å². The molecule has 0 bridgehead atoms. The van der Waals surface area contributed by atoms with E-state index in [-0.39, 0.29) is 12.3 Å². The van der Waals surface area contributed by atoms with Crippen LogP contribution in [-0.4, -0.2) is 36.3 Å². The second kappa shape index (κ2) is 7.35. The molecule has 1 aliphatic heterocycles. The van der Waals surface area contributed by atoms with Gasteiger partial charge in [0.15, 0.2) is 5.78 Å². The van der Waals surface area contributed by atoms with E-state index in [9.17, 15) is 14.4 Å². The molecule has 1 fully saturated rings. The molecule has 29 heavy (non-hydrogen) atoms. The van der Waals surface area contributed by atoms with Crippen LogP contribution in [0.1, 0.15) is 45.1 Å². The number of methoxy groups -OCH3 is 1. The van der Waals surface area contributed by atoms with E-state index in [1.807, 2.05) is 33.8 Å². The maximum atomic E-state index is 13.1. The minimum absolute atomic E-state index is 0.254. The molecule has 152 valence electrons. The third-order valence-electron chi connectivity index (χ3n) is 6.03. The Hall–Kier alpha value is -3.15. The summed E-state index contributed by atoms with van der Waals surface area (Å²) in [6.07, 6.45) is 0. The fourth-order valence-corrected chi connectivity index (χ4v) is 3.69. The number of carbonyl (C=O) groups is 3. The SMILES string of the molecule is COc1ccc(C2(C)NC(=O)N(CC(=O)c3cc(C)c(C)c(C)c3C)C2=O)cc1. The molecule has 1 unspecified atom stereocenters. The molecular formula is C23H26N2O4. The highest BCUT2D eigenvalue weighted by Crippen LogP contribution is 2.30. The molecule has 2 aromatic rings. The summed E-state index contributed by atoms with van der Waals surface area (Å²) >= 11 is 0. The zero-order valence-corrected chi connectivity index (χ0v) is 17.7. The summed E-state index contributed by atoms with van der Waals surface area (Å²) in [4.78, 5) is 39.6. The van der Waals surface area contributed by atoms with Crippen LogP contribution in [-0.2, 0) is 10.3 Å². The average Bonchev–Trinajstić information content (AvgIpc) is 2.93. The molecule has 6 nitrogen and oxygen atoms in total. The third-order valence-corrected chi connectivity index (χ3v) is 6.03. The zero-order chi connectivity index (χ0) is 21.5. The summed E-state index contributed by atoms with van der Waals surface area (Å²) in [5.41, 5.74) is 4.03. The summed E-state index contributed by atoms with van der Waals surface area (Å²) < 4.78 is 5.15. The number of urea groups is 1. The van der Waals surface area contributed by atoms with E-state index in [2.05, 4.69) is 5.32 Å². The average molecular weight is 394 g/mol. The van der Waals surface area contributed by atoms with E-state index in [1.165, 1.54) is 0 Å². The van der Waals surface area contributed by atoms with Gasteiger partial charge in [-0.2, -0.15) is 0 Å². The van der Waals surface area contributed by atoms with Crippen molar-refractivity contribution in [3.05, 3.63) is 63.7 Å². The number of hydrogen-bond donors (Lipinski definition) is 1. The number of ketones is 1. The monoisotopic (exact) mass is 394 g/mol. The highest BCUT2D eigenvalue weighted by atomic mass is 16.5. The molecule has 0 aromatic heterocycles. The molecule has 1 N–H and O–H groups in total. The zero-order valence-electron chi connectivity index (χ0n) is 17.7. The first-order valence-corrected chi connectivity index (χ1v) is 9.49. The van der Waals surface area contributed by atoms with E-state index < -0.39 is 17.5 Å². The number of Topliss-reactive ketones (excluding diaryl/α,β-unsaturated/α-hetero) is 1. The first-order valence-electron chi connectivity index (χ1n) is 9.49. The minimum atomic E-state index is -1.22. The Bertz CT molecular complexity index is 1010. The smallest absolute Gasteiger partial charge is 0.325 e. The van der Waals surface area contributed by atoms with E-state index in [1.54, 1.807) is 38.3 Å². The van der Waals surface area contributed by atoms with Gasteiger partial charge in [-0.15, -0.1) is 0 Å². The standard InChI is InChI=1S/C23H26N2O4/c1-13-11-19(16(4)15(3)14(13)2)20(26)12-25-21(27)23(5,24-22(25)28)17-7-9-18(29-6)10-8-17/h7-11H,12H2,1-6H3,(H,24,28). The number of nitrogens with one attached hydrogen (secondary N) is 1. The first-order chi connectivity index (χ1) is 13.6. The lowest BCUT2D eigenvalue weighted by atomic mass is 9.91. The number of hydrogen-bond acceptors (Lipinski definition) is 4. The van der Waals surface area contributed by atoms with Gasteiger partial charge in [0.1, 0.15) is 11.3 Å².